The molecule has 0 unspecified atom stereocenters. The molecule has 0 bridgehead atoms. The van der Waals surface area contributed by atoms with Gasteiger partial charge in [0.15, 0.2) is 5.78 Å². The molecule has 0 aromatic heterocycles. The Bertz CT molecular complexity index is 747. The number of hydrogen-bond acceptors (Lipinski definition) is 1. The number of fused-ring (bicyclic) bond motifs is 1. The summed E-state index contributed by atoms with van der Waals surface area (Å²) >= 11 is 0. The molecule has 1 aliphatic carbocycles. The first-order valence-electron chi connectivity index (χ1n) is 7.13. The van der Waals surface area contributed by atoms with Crippen molar-refractivity contribution >= 4 is 22.1 Å². The standard InChI is InChI=1S/C19H18O/c1-3-18(20)19-16-7-5-4-6-14(16)10-11-17(19)15-9-8-13(2)12-15/h4-8,10-12H,3,9H2,1-2H3. The summed E-state index contributed by atoms with van der Waals surface area (Å²) in [4.78, 5) is 12.4. The average molecular weight is 262 g/mol. The lowest BCUT2D eigenvalue weighted by Crippen LogP contribution is -2.03. The summed E-state index contributed by atoms with van der Waals surface area (Å²) < 4.78 is 0. The molecule has 0 radical (unpaired) electrons. The lowest BCUT2D eigenvalue weighted by molar-refractivity contribution is 0.0989. The molecule has 3 rings (SSSR count). The van der Waals surface area contributed by atoms with E-state index in [2.05, 4.69) is 43.3 Å². The molecule has 2 aromatic rings. The van der Waals surface area contributed by atoms with E-state index in [1.165, 1.54) is 11.1 Å². The van der Waals surface area contributed by atoms with Crippen LogP contribution in [0.5, 0.6) is 0 Å². The Labute approximate surface area is 119 Å². The lowest BCUT2D eigenvalue weighted by atomic mass is 9.90. The Hall–Kier alpha value is -2.15. The summed E-state index contributed by atoms with van der Waals surface area (Å²) in [5, 5.41) is 2.21. The summed E-state index contributed by atoms with van der Waals surface area (Å²) in [5.41, 5.74) is 4.52. The Balaban J connectivity index is 2.27. The summed E-state index contributed by atoms with van der Waals surface area (Å²) in [7, 11) is 0. The number of allylic oxidation sites excluding steroid dienone is 4. The van der Waals surface area contributed by atoms with E-state index in [0.717, 1.165) is 28.3 Å². The second kappa shape index (κ2) is 5.09. The van der Waals surface area contributed by atoms with Crippen molar-refractivity contribution in [1.29, 1.82) is 0 Å². The number of Topliss-reactive ketones (excluding diaryl/α,β-unsaturated/α-hetero) is 1. The summed E-state index contributed by atoms with van der Waals surface area (Å²) in [6.45, 7) is 4.04. The average Bonchev–Trinajstić information content (AvgIpc) is 2.91. The maximum Gasteiger partial charge on any atom is 0.163 e. The van der Waals surface area contributed by atoms with Crippen LogP contribution in [0.4, 0.5) is 0 Å². The maximum absolute atomic E-state index is 12.4. The van der Waals surface area contributed by atoms with Crippen LogP contribution in [0.1, 0.15) is 42.6 Å². The number of benzene rings is 2. The quantitative estimate of drug-likeness (QED) is 0.698. The number of hydrogen-bond donors (Lipinski definition) is 0. The van der Waals surface area contributed by atoms with E-state index in [1.807, 2.05) is 19.1 Å². The van der Waals surface area contributed by atoms with Gasteiger partial charge in [0.2, 0.25) is 0 Å². The SMILES string of the molecule is CCC(=O)c1c(C2=CC(C)=CC2)ccc2ccccc12. The molecular formula is C19H18O. The Morgan fingerprint density at radius 1 is 1.15 bits per heavy atom. The Morgan fingerprint density at radius 2 is 1.95 bits per heavy atom. The third-order valence-electron chi connectivity index (χ3n) is 3.92. The highest BCUT2D eigenvalue weighted by Crippen LogP contribution is 2.33. The van der Waals surface area contributed by atoms with Crippen LogP contribution in [0, 0.1) is 0 Å². The van der Waals surface area contributed by atoms with Crippen LogP contribution in [-0.2, 0) is 0 Å². The molecule has 0 spiro atoms. The van der Waals surface area contributed by atoms with E-state index >= 15 is 0 Å². The molecule has 1 nitrogen and oxygen atoms in total. The van der Waals surface area contributed by atoms with Crippen LogP contribution < -0.4 is 0 Å². The zero-order valence-corrected chi connectivity index (χ0v) is 11.9. The van der Waals surface area contributed by atoms with Crippen molar-refractivity contribution in [2.75, 3.05) is 0 Å². The van der Waals surface area contributed by atoms with Crippen molar-refractivity contribution in [3.05, 3.63) is 65.3 Å². The third kappa shape index (κ3) is 2.09. The monoisotopic (exact) mass is 262 g/mol. The number of rotatable bonds is 3. The number of carbonyl (C=O) groups excluding carboxylic acids is 1. The highest BCUT2D eigenvalue weighted by molar-refractivity contribution is 6.12. The van der Waals surface area contributed by atoms with Gasteiger partial charge in [-0.05, 0) is 35.3 Å². The molecule has 0 amide bonds. The third-order valence-corrected chi connectivity index (χ3v) is 3.92. The Kier molecular flexibility index (Phi) is 3.27. The van der Waals surface area contributed by atoms with Gasteiger partial charge in [-0.1, -0.05) is 61.0 Å². The molecule has 0 aliphatic heterocycles. The molecule has 0 saturated carbocycles. The molecule has 1 heteroatoms. The van der Waals surface area contributed by atoms with Crippen LogP contribution >= 0.6 is 0 Å². The molecule has 0 N–H and O–H groups in total. The lowest BCUT2D eigenvalue weighted by Gasteiger charge is -2.12. The summed E-state index contributed by atoms with van der Waals surface area (Å²) in [6, 6.07) is 12.4. The van der Waals surface area contributed by atoms with Crippen LogP contribution in [0.3, 0.4) is 0 Å². The second-order valence-electron chi connectivity index (χ2n) is 5.31. The molecule has 20 heavy (non-hydrogen) atoms. The minimum atomic E-state index is 0.224. The molecule has 1 aliphatic rings. The van der Waals surface area contributed by atoms with E-state index in [9.17, 15) is 4.79 Å². The van der Waals surface area contributed by atoms with Crippen molar-refractivity contribution in [1.82, 2.24) is 0 Å². The van der Waals surface area contributed by atoms with Crippen molar-refractivity contribution in [3.8, 4) is 0 Å². The molecule has 0 saturated heterocycles. The molecule has 0 atom stereocenters. The normalized spacial score (nSPS) is 14.3. The van der Waals surface area contributed by atoms with Crippen molar-refractivity contribution in [3.63, 3.8) is 0 Å². The van der Waals surface area contributed by atoms with E-state index < -0.39 is 0 Å². The van der Waals surface area contributed by atoms with Crippen LogP contribution in [-0.4, -0.2) is 5.78 Å². The first kappa shape index (κ1) is 12.9. The number of ketones is 1. The van der Waals surface area contributed by atoms with E-state index in [4.69, 9.17) is 0 Å². The van der Waals surface area contributed by atoms with Gasteiger partial charge >= 0.3 is 0 Å². The fraction of sp³-hybridized carbons (Fsp3) is 0.211. The van der Waals surface area contributed by atoms with Gasteiger partial charge in [0.1, 0.15) is 0 Å². The fourth-order valence-electron chi connectivity index (χ4n) is 2.87. The fourth-order valence-corrected chi connectivity index (χ4v) is 2.87. The Morgan fingerprint density at radius 3 is 2.65 bits per heavy atom. The zero-order chi connectivity index (χ0) is 14.1. The van der Waals surface area contributed by atoms with Gasteiger partial charge in [0.25, 0.3) is 0 Å². The van der Waals surface area contributed by atoms with Crippen molar-refractivity contribution in [2.45, 2.75) is 26.7 Å². The van der Waals surface area contributed by atoms with Crippen molar-refractivity contribution < 1.29 is 4.79 Å². The van der Waals surface area contributed by atoms with Gasteiger partial charge < -0.3 is 0 Å². The molecular weight excluding hydrogens is 244 g/mol. The van der Waals surface area contributed by atoms with Gasteiger partial charge in [0.05, 0.1) is 0 Å². The van der Waals surface area contributed by atoms with E-state index in [0.29, 0.717) is 6.42 Å². The molecule has 100 valence electrons. The smallest absolute Gasteiger partial charge is 0.163 e. The predicted molar refractivity (Wildman–Crippen MR) is 84.9 cm³/mol. The molecule has 0 heterocycles. The summed E-state index contributed by atoms with van der Waals surface area (Å²) in [5.74, 6) is 0.224. The minimum Gasteiger partial charge on any atom is -0.294 e. The van der Waals surface area contributed by atoms with Gasteiger partial charge in [-0.3, -0.25) is 4.79 Å². The summed E-state index contributed by atoms with van der Waals surface area (Å²) in [6.07, 6.45) is 5.87. The van der Waals surface area contributed by atoms with Gasteiger partial charge in [-0.25, -0.2) is 0 Å². The molecule has 2 aromatic carbocycles. The molecule has 0 fully saturated rings. The first-order valence-corrected chi connectivity index (χ1v) is 7.13. The van der Waals surface area contributed by atoms with Crippen molar-refractivity contribution in [2.24, 2.45) is 0 Å². The predicted octanol–water partition coefficient (Wildman–Crippen LogP) is 5.17. The maximum atomic E-state index is 12.4. The largest absolute Gasteiger partial charge is 0.294 e. The number of carbonyl (C=O) groups is 1. The first-order chi connectivity index (χ1) is 9.70. The minimum absolute atomic E-state index is 0.224. The zero-order valence-electron chi connectivity index (χ0n) is 11.9. The van der Waals surface area contributed by atoms with Crippen LogP contribution in [0.2, 0.25) is 0 Å². The topological polar surface area (TPSA) is 17.1 Å². The van der Waals surface area contributed by atoms with Crippen LogP contribution in [0.15, 0.2) is 54.1 Å². The van der Waals surface area contributed by atoms with Gasteiger partial charge in [-0.2, -0.15) is 0 Å². The van der Waals surface area contributed by atoms with E-state index in [-0.39, 0.29) is 5.78 Å². The highest BCUT2D eigenvalue weighted by atomic mass is 16.1. The second-order valence-corrected chi connectivity index (χ2v) is 5.31. The van der Waals surface area contributed by atoms with E-state index in [1.54, 1.807) is 0 Å². The highest BCUT2D eigenvalue weighted by Gasteiger charge is 2.17. The van der Waals surface area contributed by atoms with Gasteiger partial charge in [0, 0.05) is 12.0 Å². The van der Waals surface area contributed by atoms with Gasteiger partial charge in [-0.15, -0.1) is 0 Å². The van der Waals surface area contributed by atoms with Crippen LogP contribution in [0.25, 0.3) is 16.3 Å².